The first-order chi connectivity index (χ1) is 18.1. The van der Waals surface area contributed by atoms with Crippen molar-refractivity contribution in [1.29, 1.82) is 0 Å². The SMILES string of the molecule is CCCCCCOc1ccc(OCCn2cc(/C=N\NC(=O)Cc3nnc(N)s3)c3ccccc32)cc1. The van der Waals surface area contributed by atoms with Crippen LogP contribution in [0.1, 0.15) is 43.2 Å². The van der Waals surface area contributed by atoms with Gasteiger partial charge in [0.05, 0.1) is 25.8 Å². The third-order valence-corrected chi connectivity index (χ3v) is 6.45. The van der Waals surface area contributed by atoms with E-state index >= 15 is 0 Å². The zero-order valence-corrected chi connectivity index (χ0v) is 21.7. The predicted octanol–water partition coefficient (Wildman–Crippen LogP) is 4.81. The molecule has 2 heterocycles. The summed E-state index contributed by atoms with van der Waals surface area (Å²) in [6, 6.07) is 15.8. The van der Waals surface area contributed by atoms with Crippen LogP contribution >= 0.6 is 11.3 Å². The van der Waals surface area contributed by atoms with Gasteiger partial charge >= 0.3 is 0 Å². The van der Waals surface area contributed by atoms with Crippen molar-refractivity contribution >= 4 is 39.5 Å². The van der Waals surface area contributed by atoms with Gasteiger partial charge in [0.1, 0.15) is 23.1 Å². The molecule has 194 valence electrons. The number of benzene rings is 2. The van der Waals surface area contributed by atoms with Gasteiger partial charge in [0, 0.05) is 22.7 Å². The molecule has 0 aliphatic carbocycles. The maximum absolute atomic E-state index is 12.1. The van der Waals surface area contributed by atoms with Crippen LogP contribution in [0.15, 0.2) is 59.8 Å². The summed E-state index contributed by atoms with van der Waals surface area (Å²) >= 11 is 1.18. The number of para-hydroxylation sites is 1. The normalized spacial score (nSPS) is 11.3. The van der Waals surface area contributed by atoms with Gasteiger partial charge < -0.3 is 19.8 Å². The largest absolute Gasteiger partial charge is 0.494 e. The molecule has 10 heteroatoms. The van der Waals surface area contributed by atoms with E-state index in [0.29, 0.717) is 23.3 Å². The summed E-state index contributed by atoms with van der Waals surface area (Å²) in [7, 11) is 0. The number of hydrogen-bond donors (Lipinski definition) is 2. The molecule has 9 nitrogen and oxygen atoms in total. The van der Waals surface area contributed by atoms with Gasteiger partial charge in [0.2, 0.25) is 11.0 Å². The van der Waals surface area contributed by atoms with Gasteiger partial charge in [-0.25, -0.2) is 5.43 Å². The Labute approximate surface area is 220 Å². The van der Waals surface area contributed by atoms with Crippen molar-refractivity contribution in [1.82, 2.24) is 20.2 Å². The van der Waals surface area contributed by atoms with Gasteiger partial charge in [0.25, 0.3) is 0 Å². The zero-order chi connectivity index (χ0) is 25.9. The molecule has 2 aromatic carbocycles. The van der Waals surface area contributed by atoms with E-state index in [0.717, 1.165) is 41.0 Å². The maximum atomic E-state index is 12.1. The average Bonchev–Trinajstić information content (AvgIpc) is 3.47. The van der Waals surface area contributed by atoms with Crippen LogP contribution in [0.3, 0.4) is 0 Å². The van der Waals surface area contributed by atoms with Crippen molar-refractivity contribution in [3.05, 3.63) is 65.3 Å². The molecule has 0 unspecified atom stereocenters. The smallest absolute Gasteiger partial charge is 0.247 e. The number of hydrogen-bond acceptors (Lipinski definition) is 8. The number of fused-ring (bicyclic) bond motifs is 1. The second-order valence-electron chi connectivity index (χ2n) is 8.53. The number of hydrazone groups is 1. The summed E-state index contributed by atoms with van der Waals surface area (Å²) in [4.78, 5) is 12.1. The predicted molar refractivity (Wildman–Crippen MR) is 147 cm³/mol. The van der Waals surface area contributed by atoms with Crippen LogP contribution < -0.4 is 20.6 Å². The molecule has 3 N–H and O–H groups in total. The number of nitrogen functional groups attached to an aromatic ring is 1. The highest BCUT2D eigenvalue weighted by Crippen LogP contribution is 2.21. The van der Waals surface area contributed by atoms with Crippen LogP contribution in [-0.4, -0.2) is 40.1 Å². The van der Waals surface area contributed by atoms with E-state index in [4.69, 9.17) is 15.2 Å². The van der Waals surface area contributed by atoms with Gasteiger partial charge in [0.15, 0.2) is 0 Å². The number of nitrogens with two attached hydrogens (primary N) is 1. The Morgan fingerprint density at radius 2 is 1.81 bits per heavy atom. The Balaban J connectivity index is 1.29. The van der Waals surface area contributed by atoms with Gasteiger partial charge in [-0.15, -0.1) is 10.2 Å². The number of unbranched alkanes of at least 4 members (excludes halogenated alkanes) is 3. The summed E-state index contributed by atoms with van der Waals surface area (Å²) in [6.45, 7) is 4.12. The van der Waals surface area contributed by atoms with E-state index in [1.165, 1.54) is 30.6 Å². The van der Waals surface area contributed by atoms with Gasteiger partial charge in [-0.05, 0) is 36.8 Å². The number of rotatable bonds is 14. The molecular weight excluding hydrogens is 488 g/mol. The molecule has 0 aliphatic rings. The highest BCUT2D eigenvalue weighted by atomic mass is 32.1. The molecule has 0 fully saturated rings. The highest BCUT2D eigenvalue weighted by Gasteiger charge is 2.09. The Morgan fingerprint density at radius 1 is 1.05 bits per heavy atom. The third-order valence-electron chi connectivity index (χ3n) is 5.70. The fourth-order valence-corrected chi connectivity index (χ4v) is 4.47. The second kappa shape index (κ2) is 13.4. The lowest BCUT2D eigenvalue weighted by Crippen LogP contribution is -2.19. The van der Waals surface area contributed by atoms with Crippen LogP contribution in [0.25, 0.3) is 10.9 Å². The Hall–Kier alpha value is -3.92. The topological polar surface area (TPSA) is 117 Å². The molecule has 0 radical (unpaired) electrons. The van der Waals surface area contributed by atoms with Crippen LogP contribution in [0.2, 0.25) is 0 Å². The van der Waals surface area contributed by atoms with E-state index in [-0.39, 0.29) is 12.3 Å². The number of nitrogens with zero attached hydrogens (tertiary/aromatic N) is 4. The lowest BCUT2D eigenvalue weighted by Gasteiger charge is -2.10. The fraction of sp³-hybridized carbons (Fsp3) is 0.333. The molecule has 37 heavy (non-hydrogen) atoms. The zero-order valence-electron chi connectivity index (χ0n) is 20.9. The molecule has 0 aliphatic heterocycles. The Morgan fingerprint density at radius 3 is 2.54 bits per heavy atom. The van der Waals surface area contributed by atoms with Crippen molar-refractivity contribution in [2.75, 3.05) is 18.9 Å². The summed E-state index contributed by atoms with van der Waals surface area (Å²) in [5, 5.41) is 13.6. The van der Waals surface area contributed by atoms with Crippen LogP contribution in [-0.2, 0) is 17.8 Å². The molecule has 0 spiro atoms. The third kappa shape index (κ3) is 7.78. The summed E-state index contributed by atoms with van der Waals surface area (Å²) in [5.74, 6) is 1.39. The first-order valence-corrected chi connectivity index (χ1v) is 13.3. The Bertz CT molecular complexity index is 1320. The van der Waals surface area contributed by atoms with Crippen molar-refractivity contribution in [2.24, 2.45) is 5.10 Å². The van der Waals surface area contributed by atoms with Crippen LogP contribution in [0, 0.1) is 0 Å². The first kappa shape index (κ1) is 26.2. The van der Waals surface area contributed by atoms with E-state index in [2.05, 4.69) is 38.3 Å². The van der Waals surface area contributed by atoms with E-state index < -0.39 is 0 Å². The summed E-state index contributed by atoms with van der Waals surface area (Å²) < 4.78 is 13.9. The molecule has 0 saturated heterocycles. The molecule has 0 saturated carbocycles. The number of amides is 1. The molecule has 0 atom stereocenters. The van der Waals surface area contributed by atoms with Gasteiger partial charge in [-0.2, -0.15) is 5.10 Å². The van der Waals surface area contributed by atoms with E-state index in [1.807, 2.05) is 48.7 Å². The summed E-state index contributed by atoms with van der Waals surface area (Å²) in [6.07, 6.45) is 8.49. The second-order valence-corrected chi connectivity index (χ2v) is 9.62. The van der Waals surface area contributed by atoms with Crippen molar-refractivity contribution < 1.29 is 14.3 Å². The Kier molecular flexibility index (Phi) is 9.47. The molecular formula is C27H32N6O3S. The number of anilines is 1. The number of carbonyl (C=O) groups is 1. The molecule has 2 aromatic heterocycles. The van der Waals surface area contributed by atoms with E-state index in [1.54, 1.807) is 6.21 Å². The first-order valence-electron chi connectivity index (χ1n) is 12.5. The van der Waals surface area contributed by atoms with Crippen molar-refractivity contribution in [3.8, 4) is 11.5 Å². The van der Waals surface area contributed by atoms with Gasteiger partial charge in [-0.1, -0.05) is 55.7 Å². The van der Waals surface area contributed by atoms with Crippen LogP contribution in [0.4, 0.5) is 5.13 Å². The maximum Gasteiger partial charge on any atom is 0.247 e. The number of aromatic nitrogens is 3. The minimum absolute atomic E-state index is 0.0807. The minimum Gasteiger partial charge on any atom is -0.494 e. The number of carbonyl (C=O) groups excluding carboxylic acids is 1. The van der Waals surface area contributed by atoms with E-state index in [9.17, 15) is 4.79 Å². The minimum atomic E-state index is -0.280. The summed E-state index contributed by atoms with van der Waals surface area (Å²) in [5.41, 5.74) is 10.1. The van der Waals surface area contributed by atoms with Crippen molar-refractivity contribution in [2.45, 2.75) is 45.6 Å². The van der Waals surface area contributed by atoms with Gasteiger partial charge in [-0.3, -0.25) is 4.79 Å². The molecule has 0 bridgehead atoms. The number of nitrogens with one attached hydrogen (secondary N) is 1. The number of ether oxygens (including phenoxy) is 2. The quantitative estimate of drug-likeness (QED) is 0.140. The highest BCUT2D eigenvalue weighted by molar-refractivity contribution is 7.15. The lowest BCUT2D eigenvalue weighted by molar-refractivity contribution is -0.120. The molecule has 4 rings (SSSR count). The molecule has 4 aromatic rings. The lowest BCUT2D eigenvalue weighted by atomic mass is 10.2. The standard InChI is InChI=1S/C27H32N6O3S/c1-2-3-4-7-15-35-21-10-12-22(13-11-21)36-16-14-33-19-20(23-8-5-6-9-24(23)33)18-29-30-25(34)17-26-31-32-27(28)37-26/h5-6,8-13,18-19H,2-4,7,14-17H2,1H3,(H2,28,32)(H,30,34)/b29-18-. The van der Waals surface area contributed by atoms with Crippen LogP contribution in [0.5, 0.6) is 11.5 Å². The monoisotopic (exact) mass is 520 g/mol. The van der Waals surface area contributed by atoms with Crippen molar-refractivity contribution in [3.63, 3.8) is 0 Å². The fourth-order valence-electron chi connectivity index (χ4n) is 3.86. The average molecular weight is 521 g/mol. The molecule has 1 amide bonds.